The molecule has 0 aliphatic carbocycles. The van der Waals surface area contributed by atoms with E-state index in [2.05, 4.69) is 22.9 Å². The summed E-state index contributed by atoms with van der Waals surface area (Å²) in [5.41, 5.74) is 7.20. The maximum Gasteiger partial charge on any atom is 0.124 e. The molecule has 2 nitrogen and oxygen atoms in total. The van der Waals surface area contributed by atoms with E-state index in [1.165, 1.54) is 6.42 Å². The second-order valence-electron chi connectivity index (χ2n) is 3.63. The zero-order valence-corrected chi connectivity index (χ0v) is 10.9. The van der Waals surface area contributed by atoms with Gasteiger partial charge in [0.25, 0.3) is 0 Å². The van der Waals surface area contributed by atoms with Crippen LogP contribution < -0.4 is 10.5 Å². The smallest absolute Gasteiger partial charge is 0.124 e. The Bertz CT molecular complexity index is 314. The summed E-state index contributed by atoms with van der Waals surface area (Å²) in [7, 11) is 1.68. The largest absolute Gasteiger partial charge is 0.496 e. The number of benzene rings is 1. The van der Waals surface area contributed by atoms with Gasteiger partial charge < -0.3 is 10.5 Å². The van der Waals surface area contributed by atoms with Crippen LogP contribution in [0, 0.1) is 0 Å². The summed E-state index contributed by atoms with van der Waals surface area (Å²) < 4.78 is 6.34. The quantitative estimate of drug-likeness (QED) is 0.888. The number of rotatable bonds is 5. The zero-order chi connectivity index (χ0) is 11.3. The van der Waals surface area contributed by atoms with Crippen LogP contribution in [0.4, 0.5) is 0 Å². The Labute approximate surface area is 99.9 Å². The Balaban J connectivity index is 2.82. The van der Waals surface area contributed by atoms with Gasteiger partial charge in [0.1, 0.15) is 5.75 Å². The fraction of sp³-hybridized carbons (Fsp3) is 0.500. The van der Waals surface area contributed by atoms with Gasteiger partial charge in [0.15, 0.2) is 0 Å². The molecule has 2 N–H and O–H groups in total. The molecular weight excluding hydrogens is 254 g/mol. The van der Waals surface area contributed by atoms with Crippen molar-refractivity contribution in [2.75, 3.05) is 7.11 Å². The molecule has 1 aromatic carbocycles. The number of ether oxygens (including phenoxy) is 1. The third-order valence-corrected chi connectivity index (χ3v) is 2.96. The molecule has 0 amide bonds. The number of hydrogen-bond donors (Lipinski definition) is 1. The third kappa shape index (κ3) is 3.50. The minimum atomic E-state index is 0.0769. The Morgan fingerprint density at radius 2 is 2.20 bits per heavy atom. The molecule has 0 saturated heterocycles. The van der Waals surface area contributed by atoms with Crippen LogP contribution in [0.25, 0.3) is 0 Å². The molecular formula is C12H18BrNO. The molecule has 0 saturated carbocycles. The van der Waals surface area contributed by atoms with Crippen LogP contribution >= 0.6 is 15.9 Å². The monoisotopic (exact) mass is 271 g/mol. The predicted octanol–water partition coefficient (Wildman–Crippen LogP) is 3.65. The van der Waals surface area contributed by atoms with E-state index in [0.29, 0.717) is 0 Å². The fourth-order valence-corrected chi connectivity index (χ4v) is 1.91. The van der Waals surface area contributed by atoms with E-state index in [0.717, 1.165) is 28.6 Å². The molecule has 0 unspecified atom stereocenters. The van der Waals surface area contributed by atoms with Crippen molar-refractivity contribution in [1.29, 1.82) is 0 Å². The van der Waals surface area contributed by atoms with Crippen molar-refractivity contribution >= 4 is 15.9 Å². The topological polar surface area (TPSA) is 35.2 Å². The van der Waals surface area contributed by atoms with Crippen LogP contribution in [-0.2, 0) is 0 Å². The van der Waals surface area contributed by atoms with Gasteiger partial charge in [-0.05, 0) is 18.6 Å². The average molecular weight is 272 g/mol. The number of nitrogens with two attached hydrogens (primary N) is 1. The fourth-order valence-electron chi connectivity index (χ4n) is 1.57. The van der Waals surface area contributed by atoms with Crippen molar-refractivity contribution in [3.05, 3.63) is 28.2 Å². The highest BCUT2D eigenvalue weighted by atomic mass is 79.9. The first kappa shape index (κ1) is 12.5. The molecule has 1 atom stereocenters. The van der Waals surface area contributed by atoms with Crippen LogP contribution in [0.5, 0.6) is 5.75 Å². The normalized spacial score (nSPS) is 12.5. The van der Waals surface area contributed by atoms with Crippen LogP contribution in [-0.4, -0.2) is 7.11 Å². The molecule has 0 aliphatic heterocycles. The molecule has 0 radical (unpaired) electrons. The minimum Gasteiger partial charge on any atom is -0.496 e. The lowest BCUT2D eigenvalue weighted by molar-refractivity contribution is 0.403. The maximum atomic E-state index is 6.11. The Morgan fingerprint density at radius 1 is 1.47 bits per heavy atom. The Kier molecular flexibility index (Phi) is 5.12. The van der Waals surface area contributed by atoms with Gasteiger partial charge in [0.05, 0.1) is 7.11 Å². The second kappa shape index (κ2) is 6.13. The van der Waals surface area contributed by atoms with Crippen LogP contribution in [0.15, 0.2) is 22.7 Å². The van der Waals surface area contributed by atoms with Crippen LogP contribution in [0.1, 0.15) is 37.8 Å². The molecule has 3 heteroatoms. The molecule has 0 aromatic heterocycles. The van der Waals surface area contributed by atoms with E-state index in [4.69, 9.17) is 10.5 Å². The number of methoxy groups -OCH3 is 1. The summed E-state index contributed by atoms with van der Waals surface area (Å²) in [6.07, 6.45) is 3.33. The standard InChI is InChI=1S/C12H18BrNO/c1-3-4-5-11(14)10-7-6-9(13)8-12(10)15-2/h6-8,11H,3-5,14H2,1-2H3/t11-/m0/s1. The Morgan fingerprint density at radius 3 is 2.80 bits per heavy atom. The van der Waals surface area contributed by atoms with Crippen molar-refractivity contribution in [2.24, 2.45) is 5.73 Å². The first-order valence-corrected chi connectivity index (χ1v) is 6.07. The summed E-state index contributed by atoms with van der Waals surface area (Å²) in [5, 5.41) is 0. The van der Waals surface area contributed by atoms with E-state index >= 15 is 0 Å². The van der Waals surface area contributed by atoms with E-state index in [1.807, 2.05) is 18.2 Å². The van der Waals surface area contributed by atoms with Gasteiger partial charge in [0.2, 0.25) is 0 Å². The van der Waals surface area contributed by atoms with Gasteiger partial charge in [-0.25, -0.2) is 0 Å². The molecule has 0 bridgehead atoms. The number of unbranched alkanes of at least 4 members (excludes halogenated alkanes) is 1. The number of halogens is 1. The van der Waals surface area contributed by atoms with Crippen LogP contribution in [0.2, 0.25) is 0 Å². The van der Waals surface area contributed by atoms with E-state index < -0.39 is 0 Å². The lowest BCUT2D eigenvalue weighted by Crippen LogP contribution is -2.11. The molecule has 1 aromatic rings. The molecule has 15 heavy (non-hydrogen) atoms. The highest BCUT2D eigenvalue weighted by Crippen LogP contribution is 2.29. The first-order valence-electron chi connectivity index (χ1n) is 5.28. The highest BCUT2D eigenvalue weighted by molar-refractivity contribution is 9.10. The van der Waals surface area contributed by atoms with Gasteiger partial charge >= 0.3 is 0 Å². The Hall–Kier alpha value is -0.540. The van der Waals surface area contributed by atoms with Gasteiger partial charge in [-0.2, -0.15) is 0 Å². The molecule has 0 aliphatic rings. The summed E-state index contributed by atoms with van der Waals surface area (Å²) >= 11 is 3.42. The van der Waals surface area contributed by atoms with E-state index in [9.17, 15) is 0 Å². The predicted molar refractivity (Wildman–Crippen MR) is 67.1 cm³/mol. The molecule has 84 valence electrons. The minimum absolute atomic E-state index is 0.0769. The van der Waals surface area contributed by atoms with Crippen LogP contribution in [0.3, 0.4) is 0 Å². The maximum absolute atomic E-state index is 6.11. The second-order valence-corrected chi connectivity index (χ2v) is 4.55. The van der Waals surface area contributed by atoms with E-state index in [-0.39, 0.29) is 6.04 Å². The van der Waals surface area contributed by atoms with Gasteiger partial charge in [-0.15, -0.1) is 0 Å². The third-order valence-electron chi connectivity index (χ3n) is 2.46. The summed E-state index contributed by atoms with van der Waals surface area (Å²) in [6, 6.07) is 6.07. The highest BCUT2D eigenvalue weighted by Gasteiger charge is 2.11. The lowest BCUT2D eigenvalue weighted by atomic mass is 10.0. The summed E-state index contributed by atoms with van der Waals surface area (Å²) in [5.74, 6) is 0.868. The van der Waals surface area contributed by atoms with Crippen molar-refractivity contribution in [3.63, 3.8) is 0 Å². The van der Waals surface area contributed by atoms with Gasteiger partial charge in [-0.3, -0.25) is 0 Å². The lowest BCUT2D eigenvalue weighted by Gasteiger charge is -2.15. The molecule has 0 fully saturated rings. The zero-order valence-electron chi connectivity index (χ0n) is 9.29. The summed E-state index contributed by atoms with van der Waals surface area (Å²) in [6.45, 7) is 2.17. The van der Waals surface area contributed by atoms with Crippen molar-refractivity contribution < 1.29 is 4.74 Å². The van der Waals surface area contributed by atoms with Gasteiger partial charge in [0, 0.05) is 16.1 Å². The molecule has 1 rings (SSSR count). The summed E-state index contributed by atoms with van der Waals surface area (Å²) in [4.78, 5) is 0. The van der Waals surface area contributed by atoms with Gasteiger partial charge in [-0.1, -0.05) is 41.8 Å². The van der Waals surface area contributed by atoms with Crippen molar-refractivity contribution in [3.8, 4) is 5.75 Å². The molecule has 0 heterocycles. The van der Waals surface area contributed by atoms with Crippen molar-refractivity contribution in [2.45, 2.75) is 32.2 Å². The average Bonchev–Trinajstić information content (AvgIpc) is 2.25. The molecule has 0 spiro atoms. The SMILES string of the molecule is CCCC[C@H](N)c1ccc(Br)cc1OC. The first-order chi connectivity index (χ1) is 7.19. The van der Waals surface area contributed by atoms with E-state index in [1.54, 1.807) is 7.11 Å². The number of hydrogen-bond acceptors (Lipinski definition) is 2. The van der Waals surface area contributed by atoms with Crippen molar-refractivity contribution in [1.82, 2.24) is 0 Å².